The molecule has 9 nitrogen and oxygen atoms in total. The van der Waals surface area contributed by atoms with Gasteiger partial charge in [0.15, 0.2) is 0 Å². The first-order valence-electron chi connectivity index (χ1n) is 5.75. The number of hydrogen-bond donors (Lipinski definition) is 4. The van der Waals surface area contributed by atoms with Gasteiger partial charge in [-0.2, -0.15) is 0 Å². The van der Waals surface area contributed by atoms with Crippen LogP contribution in [-0.4, -0.2) is 42.8 Å². The van der Waals surface area contributed by atoms with Crippen LogP contribution in [0, 0.1) is 6.92 Å². The zero-order chi connectivity index (χ0) is 15.5. The van der Waals surface area contributed by atoms with Gasteiger partial charge in [-0.25, -0.2) is 4.79 Å². The van der Waals surface area contributed by atoms with Crippen molar-refractivity contribution < 1.29 is 24.2 Å². The highest BCUT2D eigenvalue weighted by atomic mass is 31.2. The van der Waals surface area contributed by atoms with Crippen LogP contribution in [0.3, 0.4) is 0 Å². The van der Waals surface area contributed by atoms with Gasteiger partial charge in [0, 0.05) is 11.8 Å². The number of aliphatic hydroxyl groups excluding tert-OH is 1. The van der Waals surface area contributed by atoms with Crippen LogP contribution >= 0.6 is 7.60 Å². The van der Waals surface area contributed by atoms with Gasteiger partial charge in [0.2, 0.25) is 0 Å². The Morgan fingerprint density at radius 1 is 1.45 bits per heavy atom. The lowest BCUT2D eigenvalue weighted by atomic mass is 10.2. The van der Waals surface area contributed by atoms with Gasteiger partial charge >= 0.3 is 13.3 Å². The van der Waals surface area contributed by atoms with E-state index >= 15 is 0 Å². The molecule has 0 unspecified atom stereocenters. The van der Waals surface area contributed by atoms with E-state index in [9.17, 15) is 19.3 Å². The summed E-state index contributed by atoms with van der Waals surface area (Å²) in [6.07, 6.45) is -1.66. The highest BCUT2D eigenvalue weighted by Gasteiger charge is 2.26. The third kappa shape index (κ3) is 5.03. The van der Waals surface area contributed by atoms with Crippen LogP contribution in [0.25, 0.3) is 0 Å². The Morgan fingerprint density at radius 3 is 2.55 bits per heavy atom. The molecule has 4 N–H and O–H groups in total. The maximum atomic E-state index is 11.5. The Bertz CT molecular complexity index is 615. The molecule has 10 heteroatoms. The number of nitrogens with one attached hydrogen (secondary N) is 1. The zero-order valence-electron chi connectivity index (χ0n) is 11.0. The molecule has 0 saturated carbocycles. The molecule has 0 saturated heterocycles. The molecule has 1 rings (SSSR count). The predicted octanol–water partition coefficient (Wildman–Crippen LogP) is -1.25. The van der Waals surface area contributed by atoms with Crippen LogP contribution in [0.15, 0.2) is 15.8 Å². The minimum Gasteiger partial charge on any atom is -0.391 e. The molecule has 1 aromatic heterocycles. The molecule has 1 aromatic rings. The highest BCUT2D eigenvalue weighted by molar-refractivity contribution is 7.51. The molecule has 0 amide bonds. The number of ether oxygens (including phenoxy) is 1. The standard InChI is InChI=1S/C10H17N2O7P/c1-6-3-12(10(15)11-9(6)14)5-19-8(7(2)13)4-20(16,17)18/h3,7-8,13H,4-5H2,1-2H3,(H,11,14,15)(H2,16,17,18)/t7-,8+/m0/s1. The second-order valence-corrected chi connectivity index (χ2v) is 6.16. The summed E-state index contributed by atoms with van der Waals surface area (Å²) < 4.78 is 17.1. The summed E-state index contributed by atoms with van der Waals surface area (Å²) in [6, 6.07) is 0. The lowest BCUT2D eigenvalue weighted by Gasteiger charge is -2.21. The molecule has 0 aliphatic carbocycles. The quantitative estimate of drug-likeness (QED) is 0.481. The Labute approximate surface area is 114 Å². The Morgan fingerprint density at radius 2 is 2.05 bits per heavy atom. The second kappa shape index (κ2) is 6.47. The van der Waals surface area contributed by atoms with Crippen molar-refractivity contribution in [3.05, 3.63) is 32.6 Å². The number of nitrogens with zero attached hydrogens (tertiary/aromatic N) is 1. The molecule has 1 heterocycles. The largest absolute Gasteiger partial charge is 0.391 e. The molecule has 0 aromatic carbocycles. The van der Waals surface area contributed by atoms with E-state index in [-0.39, 0.29) is 12.3 Å². The van der Waals surface area contributed by atoms with E-state index in [0.717, 1.165) is 4.57 Å². The molecule has 0 radical (unpaired) electrons. The summed E-state index contributed by atoms with van der Waals surface area (Å²) in [6.45, 7) is 2.48. The molecule has 2 atom stereocenters. The van der Waals surface area contributed by atoms with Gasteiger partial charge in [-0.3, -0.25) is 18.9 Å². The summed E-state index contributed by atoms with van der Waals surface area (Å²) in [5, 5.41) is 9.41. The minimum absolute atomic E-state index is 0.289. The maximum Gasteiger partial charge on any atom is 0.330 e. The minimum atomic E-state index is -4.36. The number of H-pyrrole nitrogens is 1. The van der Waals surface area contributed by atoms with Crippen LogP contribution in [0.1, 0.15) is 12.5 Å². The molecular formula is C10H17N2O7P. The van der Waals surface area contributed by atoms with E-state index in [4.69, 9.17) is 14.5 Å². The van der Waals surface area contributed by atoms with Crippen molar-refractivity contribution in [3.63, 3.8) is 0 Å². The van der Waals surface area contributed by atoms with Crippen LogP contribution < -0.4 is 11.2 Å². The molecule has 0 bridgehead atoms. The lowest BCUT2D eigenvalue weighted by molar-refractivity contribution is -0.0494. The van der Waals surface area contributed by atoms with Crippen molar-refractivity contribution in [2.75, 3.05) is 6.16 Å². The van der Waals surface area contributed by atoms with Gasteiger partial charge in [-0.1, -0.05) is 0 Å². The second-order valence-electron chi connectivity index (χ2n) is 4.46. The molecule has 0 spiro atoms. The van der Waals surface area contributed by atoms with Crippen LogP contribution in [0.5, 0.6) is 0 Å². The average Bonchev–Trinajstić information content (AvgIpc) is 2.28. The van der Waals surface area contributed by atoms with E-state index in [0.29, 0.717) is 0 Å². The smallest absolute Gasteiger partial charge is 0.330 e. The number of aromatic amines is 1. The van der Waals surface area contributed by atoms with E-state index in [1.165, 1.54) is 20.0 Å². The predicted molar refractivity (Wildman–Crippen MR) is 69.5 cm³/mol. The van der Waals surface area contributed by atoms with Crippen LogP contribution in [-0.2, 0) is 16.0 Å². The van der Waals surface area contributed by atoms with Crippen molar-refractivity contribution >= 4 is 7.60 Å². The zero-order valence-corrected chi connectivity index (χ0v) is 11.9. The molecule has 0 aliphatic rings. The normalized spacial score (nSPS) is 15.1. The topological polar surface area (TPSA) is 142 Å². The monoisotopic (exact) mass is 308 g/mol. The molecule has 114 valence electrons. The van der Waals surface area contributed by atoms with Crippen LogP contribution in [0.2, 0.25) is 0 Å². The van der Waals surface area contributed by atoms with Crippen molar-refractivity contribution in [3.8, 4) is 0 Å². The summed E-state index contributed by atoms with van der Waals surface area (Å²) >= 11 is 0. The third-order valence-electron chi connectivity index (χ3n) is 2.57. The number of hydrogen-bond acceptors (Lipinski definition) is 5. The van der Waals surface area contributed by atoms with Crippen LogP contribution in [0.4, 0.5) is 0 Å². The Hall–Kier alpha value is -1.25. The van der Waals surface area contributed by atoms with Gasteiger partial charge in [0.25, 0.3) is 5.56 Å². The molecule has 0 fully saturated rings. The number of aromatic nitrogens is 2. The van der Waals surface area contributed by atoms with Gasteiger partial charge < -0.3 is 19.6 Å². The number of aryl methyl sites for hydroxylation is 1. The van der Waals surface area contributed by atoms with Crippen molar-refractivity contribution in [2.45, 2.75) is 32.8 Å². The fourth-order valence-electron chi connectivity index (χ4n) is 1.47. The van der Waals surface area contributed by atoms with Gasteiger partial charge in [-0.05, 0) is 13.8 Å². The Kier molecular flexibility index (Phi) is 5.43. The number of aliphatic hydroxyl groups is 1. The van der Waals surface area contributed by atoms with Gasteiger partial charge in [-0.15, -0.1) is 0 Å². The van der Waals surface area contributed by atoms with E-state index in [1.807, 2.05) is 0 Å². The van der Waals surface area contributed by atoms with Crippen molar-refractivity contribution in [1.82, 2.24) is 9.55 Å². The first-order chi connectivity index (χ1) is 9.10. The van der Waals surface area contributed by atoms with Gasteiger partial charge in [0.1, 0.15) is 6.73 Å². The van der Waals surface area contributed by atoms with E-state index in [2.05, 4.69) is 4.98 Å². The summed E-state index contributed by atoms with van der Waals surface area (Å²) in [7, 11) is -4.36. The summed E-state index contributed by atoms with van der Waals surface area (Å²) in [5.41, 5.74) is -0.938. The summed E-state index contributed by atoms with van der Waals surface area (Å²) in [4.78, 5) is 42.5. The van der Waals surface area contributed by atoms with E-state index in [1.54, 1.807) is 0 Å². The third-order valence-corrected chi connectivity index (χ3v) is 3.41. The molecular weight excluding hydrogens is 291 g/mol. The fraction of sp³-hybridized carbons (Fsp3) is 0.600. The number of rotatable bonds is 6. The SMILES string of the molecule is Cc1cn(CO[C@H](CP(=O)(O)O)[C@H](C)O)c(=O)[nH]c1=O. The molecule has 20 heavy (non-hydrogen) atoms. The average molecular weight is 308 g/mol. The molecule has 0 aliphatic heterocycles. The first-order valence-corrected chi connectivity index (χ1v) is 7.54. The lowest BCUT2D eigenvalue weighted by Crippen LogP contribution is -2.35. The first kappa shape index (κ1) is 16.8. The van der Waals surface area contributed by atoms with Gasteiger partial charge in [0.05, 0.1) is 18.4 Å². The van der Waals surface area contributed by atoms with E-state index < -0.39 is 37.2 Å². The summed E-state index contributed by atoms with van der Waals surface area (Å²) in [5.74, 6) is 0. The fourth-order valence-corrected chi connectivity index (χ4v) is 2.35. The van der Waals surface area contributed by atoms with Crippen molar-refractivity contribution in [2.24, 2.45) is 0 Å². The maximum absolute atomic E-state index is 11.5. The Balaban J connectivity index is 2.83. The highest BCUT2D eigenvalue weighted by Crippen LogP contribution is 2.36. The van der Waals surface area contributed by atoms with Crippen molar-refractivity contribution in [1.29, 1.82) is 0 Å².